The molecule has 1 unspecified atom stereocenters. The number of alkyl halides is 1. The van der Waals surface area contributed by atoms with Crippen molar-refractivity contribution in [3.63, 3.8) is 0 Å². The van der Waals surface area contributed by atoms with Crippen LogP contribution in [0, 0.1) is 11.8 Å². The molecule has 0 spiro atoms. The lowest BCUT2D eigenvalue weighted by Gasteiger charge is -2.25. The predicted molar refractivity (Wildman–Crippen MR) is 173 cm³/mol. The third kappa shape index (κ3) is 24.2. The van der Waals surface area contributed by atoms with Crippen molar-refractivity contribution in [3.8, 4) is 0 Å². The van der Waals surface area contributed by atoms with Gasteiger partial charge in [0.05, 0.1) is 12.5 Å². The van der Waals surface area contributed by atoms with Crippen molar-refractivity contribution >= 4 is 21.9 Å². The molecule has 0 radical (unpaired) electrons. The van der Waals surface area contributed by atoms with Gasteiger partial charge in [0.15, 0.2) is 0 Å². The van der Waals surface area contributed by atoms with E-state index >= 15 is 0 Å². The highest BCUT2D eigenvalue weighted by atomic mass is 79.9. The molecule has 0 bridgehead atoms. The molecule has 3 heteroatoms. The molecule has 38 heavy (non-hydrogen) atoms. The molecule has 0 aromatic carbocycles. The molecule has 222 valence electrons. The summed E-state index contributed by atoms with van der Waals surface area (Å²) in [5.41, 5.74) is 0. The number of carbonyl (C=O) groups excluding carboxylic acids is 1. The van der Waals surface area contributed by atoms with Crippen LogP contribution < -0.4 is 0 Å². The van der Waals surface area contributed by atoms with Crippen molar-refractivity contribution in [2.24, 2.45) is 11.8 Å². The molecule has 0 aliphatic heterocycles. The van der Waals surface area contributed by atoms with Gasteiger partial charge in [0.2, 0.25) is 0 Å². The average molecular weight is 596 g/mol. The largest absolute Gasteiger partial charge is 0.465 e. The second-order valence-electron chi connectivity index (χ2n) is 10.9. The molecule has 0 aliphatic carbocycles. The summed E-state index contributed by atoms with van der Waals surface area (Å²) < 4.78 is 5.87. The highest BCUT2D eigenvalue weighted by Gasteiger charge is 2.28. The van der Waals surface area contributed by atoms with E-state index < -0.39 is 0 Å². The van der Waals surface area contributed by atoms with E-state index in [4.69, 9.17) is 4.74 Å². The zero-order chi connectivity index (χ0) is 27.9. The molecule has 0 heterocycles. The van der Waals surface area contributed by atoms with E-state index in [0.29, 0.717) is 12.5 Å². The Hall–Kier alpha value is -0.830. The fourth-order valence-corrected chi connectivity index (χ4v) is 5.28. The maximum absolute atomic E-state index is 13.3. The monoisotopic (exact) mass is 594 g/mol. The van der Waals surface area contributed by atoms with Crippen LogP contribution in [-0.2, 0) is 9.53 Å². The lowest BCUT2D eigenvalue weighted by molar-refractivity contribution is -0.151. The van der Waals surface area contributed by atoms with Gasteiger partial charge in [-0.1, -0.05) is 112 Å². The Morgan fingerprint density at radius 1 is 0.579 bits per heavy atom. The number of rotatable bonds is 28. The Morgan fingerprint density at radius 3 is 1.47 bits per heavy atom. The number of allylic oxidation sites excluding steroid dienone is 6. The first-order valence-electron chi connectivity index (χ1n) is 16.4. The third-order valence-electron chi connectivity index (χ3n) is 7.37. The highest BCUT2D eigenvalue weighted by molar-refractivity contribution is 9.09. The normalized spacial score (nSPS) is 13.0. The Morgan fingerprint density at radius 2 is 1.03 bits per heavy atom. The molecule has 1 atom stereocenters. The molecule has 0 aliphatic rings. The zero-order valence-electron chi connectivity index (χ0n) is 25.6. The predicted octanol–water partition coefficient (Wildman–Crippen LogP) is 12.1. The SMILES string of the molecule is CCCCC/C=C\CCC(CC/C=C\CCCCC)C(CC/C=C\CCCCC)C(=O)OCCCCCBr. The fourth-order valence-electron chi connectivity index (χ4n) is 4.89. The summed E-state index contributed by atoms with van der Waals surface area (Å²) in [6.07, 6.45) is 38.6. The van der Waals surface area contributed by atoms with Crippen LogP contribution in [0.4, 0.5) is 0 Å². The maximum atomic E-state index is 13.3. The Bertz CT molecular complexity index is 556. The first-order valence-corrected chi connectivity index (χ1v) is 17.5. The minimum absolute atomic E-state index is 0.00782. The number of carbonyl (C=O) groups is 1. The molecular weight excluding hydrogens is 532 g/mol. The molecule has 0 fully saturated rings. The second-order valence-corrected chi connectivity index (χ2v) is 11.7. The lowest BCUT2D eigenvalue weighted by Crippen LogP contribution is -2.26. The summed E-state index contributed by atoms with van der Waals surface area (Å²) in [5.74, 6) is 0.444. The van der Waals surface area contributed by atoms with E-state index in [2.05, 4.69) is 73.2 Å². The van der Waals surface area contributed by atoms with Gasteiger partial charge < -0.3 is 4.74 Å². The van der Waals surface area contributed by atoms with E-state index in [1.165, 1.54) is 70.6 Å². The number of halogens is 1. The van der Waals surface area contributed by atoms with Crippen molar-refractivity contribution in [2.75, 3.05) is 11.9 Å². The number of unbranched alkanes of at least 4 members (excludes halogenated alkanes) is 11. The van der Waals surface area contributed by atoms with Gasteiger partial charge in [0.25, 0.3) is 0 Å². The van der Waals surface area contributed by atoms with Gasteiger partial charge in [-0.15, -0.1) is 0 Å². The van der Waals surface area contributed by atoms with Crippen LogP contribution in [0.3, 0.4) is 0 Å². The Kier molecular flexibility index (Phi) is 30.0. The second kappa shape index (κ2) is 30.7. The molecular formula is C35H63BrO2. The molecule has 0 amide bonds. The van der Waals surface area contributed by atoms with Gasteiger partial charge in [-0.05, 0) is 102 Å². The van der Waals surface area contributed by atoms with Crippen molar-refractivity contribution in [2.45, 2.75) is 156 Å². The zero-order valence-corrected chi connectivity index (χ0v) is 27.2. The lowest BCUT2D eigenvalue weighted by atomic mass is 9.81. The molecule has 0 N–H and O–H groups in total. The van der Waals surface area contributed by atoms with Gasteiger partial charge in [-0.3, -0.25) is 4.79 Å². The van der Waals surface area contributed by atoms with E-state index in [-0.39, 0.29) is 11.9 Å². The van der Waals surface area contributed by atoms with Crippen molar-refractivity contribution in [1.29, 1.82) is 0 Å². The van der Waals surface area contributed by atoms with Crippen LogP contribution in [-0.4, -0.2) is 17.9 Å². The van der Waals surface area contributed by atoms with Gasteiger partial charge >= 0.3 is 5.97 Å². The van der Waals surface area contributed by atoms with Crippen LogP contribution in [0.2, 0.25) is 0 Å². The van der Waals surface area contributed by atoms with Crippen molar-refractivity contribution in [1.82, 2.24) is 0 Å². The van der Waals surface area contributed by atoms with Gasteiger partial charge in [-0.25, -0.2) is 0 Å². The minimum Gasteiger partial charge on any atom is -0.465 e. The fraction of sp³-hybridized carbons (Fsp3) is 0.800. The first kappa shape index (κ1) is 37.2. The van der Waals surface area contributed by atoms with Crippen LogP contribution in [0.1, 0.15) is 156 Å². The quantitative estimate of drug-likeness (QED) is 0.0389. The number of hydrogen-bond donors (Lipinski definition) is 0. The van der Waals surface area contributed by atoms with Gasteiger partial charge in [0, 0.05) is 5.33 Å². The minimum atomic E-state index is 0.00782. The summed E-state index contributed by atoms with van der Waals surface area (Å²) in [6, 6.07) is 0. The topological polar surface area (TPSA) is 26.3 Å². The average Bonchev–Trinajstić information content (AvgIpc) is 2.92. The van der Waals surface area contributed by atoms with E-state index in [9.17, 15) is 4.79 Å². The Labute approximate surface area is 246 Å². The smallest absolute Gasteiger partial charge is 0.309 e. The van der Waals surface area contributed by atoms with E-state index in [1.54, 1.807) is 0 Å². The van der Waals surface area contributed by atoms with E-state index in [1.807, 2.05) is 0 Å². The molecule has 0 rings (SSSR count). The summed E-state index contributed by atoms with van der Waals surface area (Å²) in [5, 5.41) is 1.02. The third-order valence-corrected chi connectivity index (χ3v) is 7.93. The molecule has 0 saturated heterocycles. The standard InChI is InChI=1S/C35H63BrO2/c1-4-7-10-13-16-19-23-28-33(29-24-20-17-14-11-8-5-2)34(30-25-21-18-15-12-9-6-3)35(37)38-32-27-22-26-31-36/h16-21,33-34H,4-15,22-32H2,1-3H3/b19-16-,20-17-,21-18-. The van der Waals surface area contributed by atoms with Crippen LogP contribution in [0.5, 0.6) is 0 Å². The summed E-state index contributed by atoms with van der Waals surface area (Å²) >= 11 is 3.50. The number of ether oxygens (including phenoxy) is 1. The Balaban J connectivity index is 5.15. The highest BCUT2D eigenvalue weighted by Crippen LogP contribution is 2.29. The van der Waals surface area contributed by atoms with Gasteiger partial charge in [0.1, 0.15) is 0 Å². The van der Waals surface area contributed by atoms with E-state index in [0.717, 1.165) is 69.5 Å². The molecule has 0 aromatic rings. The van der Waals surface area contributed by atoms with Gasteiger partial charge in [-0.2, -0.15) is 0 Å². The molecule has 2 nitrogen and oxygen atoms in total. The first-order chi connectivity index (χ1) is 18.7. The maximum Gasteiger partial charge on any atom is 0.309 e. The molecule has 0 saturated carbocycles. The van der Waals surface area contributed by atoms with Crippen LogP contribution in [0.15, 0.2) is 36.5 Å². The van der Waals surface area contributed by atoms with Crippen LogP contribution in [0.25, 0.3) is 0 Å². The summed E-state index contributed by atoms with van der Waals surface area (Å²) in [7, 11) is 0. The molecule has 0 aromatic heterocycles. The summed E-state index contributed by atoms with van der Waals surface area (Å²) in [6.45, 7) is 7.33. The number of esters is 1. The van der Waals surface area contributed by atoms with Crippen molar-refractivity contribution < 1.29 is 9.53 Å². The van der Waals surface area contributed by atoms with Crippen LogP contribution >= 0.6 is 15.9 Å². The number of hydrogen-bond acceptors (Lipinski definition) is 2. The summed E-state index contributed by atoms with van der Waals surface area (Å²) in [4.78, 5) is 13.3. The van der Waals surface area contributed by atoms with Crippen molar-refractivity contribution in [3.05, 3.63) is 36.5 Å².